The van der Waals surface area contributed by atoms with Gasteiger partial charge in [0, 0.05) is 24.2 Å². The Hall–Kier alpha value is -2.32. The van der Waals surface area contributed by atoms with Crippen molar-refractivity contribution in [2.75, 3.05) is 19.7 Å². The lowest BCUT2D eigenvalue weighted by Crippen LogP contribution is -2.29. The number of nitro benzene ring substituents is 1. The van der Waals surface area contributed by atoms with E-state index in [1.54, 1.807) is 12.1 Å². The number of aliphatic hydroxyl groups is 1. The predicted octanol–water partition coefficient (Wildman–Crippen LogP) is 2.02. The Kier molecular flexibility index (Phi) is 5.18. The van der Waals surface area contributed by atoms with Crippen molar-refractivity contribution in [3.63, 3.8) is 0 Å². The van der Waals surface area contributed by atoms with Gasteiger partial charge in [-0.05, 0) is 25.6 Å². The molecule has 0 aliphatic rings. The first kappa shape index (κ1) is 16.1. The maximum absolute atomic E-state index is 10.6. The van der Waals surface area contributed by atoms with Gasteiger partial charge < -0.3 is 9.52 Å². The smallest absolute Gasteiger partial charge is 0.269 e. The lowest BCUT2D eigenvalue weighted by Gasteiger charge is -2.23. The van der Waals surface area contributed by atoms with Crippen LogP contribution in [-0.2, 0) is 0 Å². The molecule has 2 aromatic rings. The molecule has 0 bridgehead atoms. The molecule has 22 heavy (non-hydrogen) atoms. The lowest BCUT2D eigenvalue weighted by atomic mass is 10.2. The van der Waals surface area contributed by atoms with E-state index in [4.69, 9.17) is 9.52 Å². The maximum Gasteiger partial charge on any atom is 0.269 e. The van der Waals surface area contributed by atoms with E-state index in [1.807, 2.05) is 18.7 Å². The molecule has 0 amide bonds. The number of non-ortho nitro benzene ring substituents is 1. The van der Waals surface area contributed by atoms with E-state index in [2.05, 4.69) is 10.2 Å². The van der Waals surface area contributed by atoms with Gasteiger partial charge in [-0.2, -0.15) is 0 Å². The van der Waals surface area contributed by atoms with Crippen LogP contribution in [0.15, 0.2) is 28.7 Å². The molecular formula is C14H18N4O4. The Morgan fingerprint density at radius 2 is 2.05 bits per heavy atom. The topological polar surface area (TPSA) is 106 Å². The first-order chi connectivity index (χ1) is 10.6. The molecule has 1 N–H and O–H groups in total. The third-order valence-corrected chi connectivity index (χ3v) is 3.46. The van der Waals surface area contributed by atoms with Gasteiger partial charge in [-0.1, -0.05) is 6.92 Å². The number of rotatable bonds is 7. The van der Waals surface area contributed by atoms with Crippen LogP contribution in [0.5, 0.6) is 0 Å². The summed E-state index contributed by atoms with van der Waals surface area (Å²) in [5.41, 5.74) is 0.638. The Labute approximate surface area is 127 Å². The van der Waals surface area contributed by atoms with E-state index in [-0.39, 0.29) is 18.3 Å². The second-order valence-electron chi connectivity index (χ2n) is 4.78. The molecule has 1 aromatic heterocycles. The molecular weight excluding hydrogens is 288 g/mol. The van der Waals surface area contributed by atoms with E-state index in [0.29, 0.717) is 23.9 Å². The molecule has 0 aliphatic heterocycles. The SMILES string of the molecule is CCN(CCO)C(C)c1nnc(-c2ccc([N+](=O)[O-])cc2)o1. The van der Waals surface area contributed by atoms with Crippen LogP contribution in [-0.4, -0.2) is 44.8 Å². The van der Waals surface area contributed by atoms with Gasteiger partial charge in [0.25, 0.3) is 5.69 Å². The molecule has 1 unspecified atom stereocenters. The van der Waals surface area contributed by atoms with Crippen LogP contribution in [0.4, 0.5) is 5.69 Å². The van der Waals surface area contributed by atoms with Crippen molar-refractivity contribution in [1.29, 1.82) is 0 Å². The molecule has 0 radical (unpaired) electrons. The van der Waals surface area contributed by atoms with Crippen LogP contribution in [0, 0.1) is 10.1 Å². The van der Waals surface area contributed by atoms with Crippen molar-refractivity contribution < 1.29 is 14.4 Å². The number of hydrogen-bond acceptors (Lipinski definition) is 7. The van der Waals surface area contributed by atoms with Gasteiger partial charge in [0.2, 0.25) is 11.8 Å². The van der Waals surface area contributed by atoms with E-state index in [0.717, 1.165) is 6.54 Å². The van der Waals surface area contributed by atoms with E-state index in [9.17, 15) is 10.1 Å². The molecule has 118 valence electrons. The second-order valence-corrected chi connectivity index (χ2v) is 4.78. The maximum atomic E-state index is 10.6. The number of hydrogen-bond donors (Lipinski definition) is 1. The number of benzene rings is 1. The highest BCUT2D eigenvalue weighted by atomic mass is 16.6. The molecule has 2 rings (SSSR count). The minimum Gasteiger partial charge on any atom is -0.419 e. The second kappa shape index (κ2) is 7.10. The van der Waals surface area contributed by atoms with Crippen LogP contribution >= 0.6 is 0 Å². The summed E-state index contributed by atoms with van der Waals surface area (Å²) < 4.78 is 5.65. The molecule has 8 heteroatoms. The molecule has 0 fully saturated rings. The molecule has 8 nitrogen and oxygen atoms in total. The molecule has 0 saturated heterocycles. The fourth-order valence-corrected chi connectivity index (χ4v) is 2.16. The number of nitro groups is 1. The number of aliphatic hydroxyl groups excluding tert-OH is 1. The largest absolute Gasteiger partial charge is 0.419 e. The quantitative estimate of drug-likeness (QED) is 0.616. The van der Waals surface area contributed by atoms with Gasteiger partial charge in [0.1, 0.15) is 0 Å². The van der Waals surface area contributed by atoms with E-state index in [1.165, 1.54) is 12.1 Å². The van der Waals surface area contributed by atoms with Crippen LogP contribution in [0.2, 0.25) is 0 Å². The van der Waals surface area contributed by atoms with E-state index < -0.39 is 4.92 Å². The van der Waals surface area contributed by atoms with Crippen molar-refractivity contribution >= 4 is 5.69 Å². The summed E-state index contributed by atoms with van der Waals surface area (Å²) in [6, 6.07) is 5.83. The summed E-state index contributed by atoms with van der Waals surface area (Å²) in [7, 11) is 0. The first-order valence-electron chi connectivity index (χ1n) is 7.00. The van der Waals surface area contributed by atoms with Crippen LogP contribution in [0.3, 0.4) is 0 Å². The summed E-state index contributed by atoms with van der Waals surface area (Å²) >= 11 is 0. The Bertz CT molecular complexity index is 626. The summed E-state index contributed by atoms with van der Waals surface area (Å²) in [4.78, 5) is 12.2. The van der Waals surface area contributed by atoms with Gasteiger partial charge in [-0.25, -0.2) is 0 Å². The molecule has 1 atom stereocenters. The highest BCUT2D eigenvalue weighted by molar-refractivity contribution is 5.55. The Morgan fingerprint density at radius 1 is 1.36 bits per heavy atom. The standard InChI is InChI=1S/C14H18N4O4/c1-3-17(8-9-19)10(2)13-15-16-14(22-13)11-4-6-12(7-5-11)18(20)21/h4-7,10,19H,3,8-9H2,1-2H3. The molecule has 0 spiro atoms. The minimum absolute atomic E-state index is 0.0111. The fourth-order valence-electron chi connectivity index (χ4n) is 2.16. The highest BCUT2D eigenvalue weighted by Gasteiger charge is 2.20. The Morgan fingerprint density at radius 3 is 2.59 bits per heavy atom. The Balaban J connectivity index is 2.18. The van der Waals surface area contributed by atoms with Crippen molar-refractivity contribution in [3.05, 3.63) is 40.3 Å². The van der Waals surface area contributed by atoms with Gasteiger partial charge >= 0.3 is 0 Å². The first-order valence-corrected chi connectivity index (χ1v) is 7.00. The normalized spacial score (nSPS) is 12.5. The lowest BCUT2D eigenvalue weighted by molar-refractivity contribution is -0.384. The van der Waals surface area contributed by atoms with Crippen molar-refractivity contribution in [1.82, 2.24) is 15.1 Å². The zero-order chi connectivity index (χ0) is 16.1. The summed E-state index contributed by atoms with van der Waals surface area (Å²) in [6.45, 7) is 5.23. The zero-order valence-electron chi connectivity index (χ0n) is 12.5. The highest BCUT2D eigenvalue weighted by Crippen LogP contribution is 2.25. The molecule has 1 aromatic carbocycles. The minimum atomic E-state index is -0.459. The predicted molar refractivity (Wildman–Crippen MR) is 79.1 cm³/mol. The van der Waals surface area contributed by atoms with Crippen LogP contribution in [0.25, 0.3) is 11.5 Å². The van der Waals surface area contributed by atoms with Gasteiger partial charge in [0.05, 0.1) is 17.6 Å². The van der Waals surface area contributed by atoms with Gasteiger partial charge in [-0.15, -0.1) is 10.2 Å². The monoisotopic (exact) mass is 306 g/mol. The fraction of sp³-hybridized carbons (Fsp3) is 0.429. The number of aromatic nitrogens is 2. The molecule has 0 aliphatic carbocycles. The zero-order valence-corrected chi connectivity index (χ0v) is 12.5. The molecule has 0 saturated carbocycles. The van der Waals surface area contributed by atoms with Crippen molar-refractivity contribution in [2.45, 2.75) is 19.9 Å². The number of nitrogens with zero attached hydrogens (tertiary/aromatic N) is 4. The van der Waals surface area contributed by atoms with Crippen molar-refractivity contribution in [2.24, 2.45) is 0 Å². The van der Waals surface area contributed by atoms with E-state index >= 15 is 0 Å². The van der Waals surface area contributed by atoms with Crippen LogP contribution < -0.4 is 0 Å². The van der Waals surface area contributed by atoms with Gasteiger partial charge in [0.15, 0.2) is 0 Å². The van der Waals surface area contributed by atoms with Gasteiger partial charge in [-0.3, -0.25) is 15.0 Å². The summed E-state index contributed by atoms with van der Waals surface area (Å²) in [5, 5.41) is 27.7. The van der Waals surface area contributed by atoms with Crippen LogP contribution in [0.1, 0.15) is 25.8 Å². The van der Waals surface area contributed by atoms with Crippen molar-refractivity contribution in [3.8, 4) is 11.5 Å². The average molecular weight is 306 g/mol. The summed E-state index contributed by atoms with van der Waals surface area (Å²) in [5.74, 6) is 0.764. The molecule has 1 heterocycles. The third kappa shape index (κ3) is 3.46. The average Bonchev–Trinajstić information content (AvgIpc) is 3.02. The third-order valence-electron chi connectivity index (χ3n) is 3.46. The number of likely N-dealkylation sites (N-methyl/N-ethyl adjacent to an activating group) is 1. The summed E-state index contributed by atoms with van der Waals surface area (Å²) in [6.07, 6.45) is 0.